The zero-order chi connectivity index (χ0) is 24.4. The number of aromatic nitrogens is 3. The summed E-state index contributed by atoms with van der Waals surface area (Å²) in [6.07, 6.45) is 2.52. The number of aliphatic carboxylic acids is 1. The molecular weight excluding hydrogens is 459 g/mol. The Hall–Kier alpha value is -4.54. The number of ether oxygens (including phenoxy) is 2. The van der Waals surface area contributed by atoms with Crippen LogP contribution in [0.25, 0.3) is 22.7 Å². The minimum atomic E-state index is -1.01. The van der Waals surface area contributed by atoms with Crippen molar-refractivity contribution < 1.29 is 33.0 Å². The molecule has 4 aromatic rings. The van der Waals surface area contributed by atoms with Crippen molar-refractivity contribution in [3.8, 4) is 29.0 Å². The molecule has 11 heteroatoms. The summed E-state index contributed by atoms with van der Waals surface area (Å²) in [6, 6.07) is 11.7. The fraction of sp³-hybridized carbons (Fsp3) is 0.208. The number of hydrogen-bond donors (Lipinski definition) is 1. The third-order valence-electron chi connectivity index (χ3n) is 5.49. The Morgan fingerprint density at radius 2 is 1.94 bits per heavy atom. The number of nitrogens with zero attached hydrogens (tertiary/aromatic N) is 4. The molecule has 5 rings (SSSR count). The lowest BCUT2D eigenvalue weighted by molar-refractivity contribution is -0.148. The summed E-state index contributed by atoms with van der Waals surface area (Å²) >= 11 is 0. The number of likely N-dealkylation sites (tertiary alicyclic amines) is 1. The van der Waals surface area contributed by atoms with Gasteiger partial charge in [0.25, 0.3) is 11.6 Å². The molecule has 1 atom stereocenters. The van der Waals surface area contributed by atoms with Gasteiger partial charge < -0.3 is 23.9 Å². The molecule has 2 aromatic heterocycles. The van der Waals surface area contributed by atoms with Crippen molar-refractivity contribution >= 4 is 23.1 Å². The normalized spacial score (nSPS) is 15.3. The van der Waals surface area contributed by atoms with Gasteiger partial charge in [0, 0.05) is 12.1 Å². The van der Waals surface area contributed by atoms with Crippen LogP contribution in [0.3, 0.4) is 0 Å². The highest BCUT2D eigenvalue weighted by Gasteiger charge is 2.33. The number of carbonyl (C=O) groups is 2. The number of halogens is 1. The third-order valence-corrected chi connectivity index (χ3v) is 5.49. The van der Waals surface area contributed by atoms with Crippen LogP contribution in [0, 0.1) is 5.82 Å². The molecule has 3 heterocycles. The molecule has 0 bridgehead atoms. The van der Waals surface area contributed by atoms with Crippen LogP contribution < -0.4 is 9.47 Å². The van der Waals surface area contributed by atoms with Gasteiger partial charge in [-0.25, -0.2) is 19.2 Å². The predicted molar refractivity (Wildman–Crippen MR) is 119 cm³/mol. The monoisotopic (exact) mass is 478 g/mol. The van der Waals surface area contributed by atoms with E-state index in [1.54, 1.807) is 36.4 Å². The van der Waals surface area contributed by atoms with Gasteiger partial charge in [0.05, 0.1) is 6.20 Å². The summed E-state index contributed by atoms with van der Waals surface area (Å²) in [5, 5.41) is 9.22. The minimum absolute atomic E-state index is 0.0103. The van der Waals surface area contributed by atoms with E-state index in [9.17, 15) is 19.1 Å². The molecule has 0 aliphatic carbocycles. The molecule has 35 heavy (non-hydrogen) atoms. The number of fused-ring (bicyclic) bond motifs is 1. The van der Waals surface area contributed by atoms with Gasteiger partial charge in [0.1, 0.15) is 17.3 Å². The molecule has 1 aliphatic rings. The van der Waals surface area contributed by atoms with E-state index in [2.05, 4.69) is 15.0 Å². The number of carboxylic acids is 1. The van der Waals surface area contributed by atoms with Crippen molar-refractivity contribution in [2.45, 2.75) is 18.9 Å². The largest absolute Gasteiger partial charge is 0.484 e. The average molecular weight is 478 g/mol. The van der Waals surface area contributed by atoms with Crippen LogP contribution in [0.4, 0.5) is 4.39 Å². The number of carbonyl (C=O) groups excluding carboxylic acids is 1. The molecule has 1 amide bonds. The van der Waals surface area contributed by atoms with Crippen LogP contribution >= 0.6 is 0 Å². The molecule has 0 spiro atoms. The van der Waals surface area contributed by atoms with Crippen molar-refractivity contribution in [2.75, 3.05) is 13.2 Å². The summed E-state index contributed by atoms with van der Waals surface area (Å²) < 4.78 is 30.4. The number of rotatable bonds is 7. The number of benzene rings is 2. The van der Waals surface area contributed by atoms with Crippen LogP contribution in [0.2, 0.25) is 0 Å². The standard InChI is InChI=1S/C24H19FN4O6/c25-16-4-1-2-6-19(16)34-24-26-12-17-22(28-24)35-21(27-17)14-7-9-15(10-8-14)33-13-20(30)29-11-3-5-18(29)23(31)32/h1-2,4,6-10,12,18H,3,5,11,13H2,(H,31,32). The maximum absolute atomic E-state index is 13.8. The van der Waals surface area contributed by atoms with E-state index in [4.69, 9.17) is 13.9 Å². The van der Waals surface area contributed by atoms with Crippen LogP contribution in [0.5, 0.6) is 17.5 Å². The maximum atomic E-state index is 13.8. The Kier molecular flexibility index (Phi) is 5.96. The first-order chi connectivity index (χ1) is 17.0. The van der Waals surface area contributed by atoms with Crippen molar-refractivity contribution in [1.82, 2.24) is 19.9 Å². The Bertz CT molecular complexity index is 1390. The molecule has 1 aliphatic heterocycles. The predicted octanol–water partition coefficient (Wildman–Crippen LogP) is 3.67. The van der Waals surface area contributed by atoms with Gasteiger partial charge in [-0.1, -0.05) is 12.1 Å². The van der Waals surface area contributed by atoms with Crippen LogP contribution in [-0.2, 0) is 9.59 Å². The second kappa shape index (κ2) is 9.37. The molecule has 0 saturated carbocycles. The number of para-hydroxylation sites is 1. The highest BCUT2D eigenvalue weighted by Crippen LogP contribution is 2.27. The third kappa shape index (κ3) is 4.74. The van der Waals surface area contributed by atoms with Gasteiger partial charge in [0.15, 0.2) is 18.2 Å². The molecule has 1 fully saturated rings. The van der Waals surface area contributed by atoms with E-state index in [-0.39, 0.29) is 35.9 Å². The van der Waals surface area contributed by atoms with E-state index in [1.165, 1.54) is 23.2 Å². The van der Waals surface area contributed by atoms with Crippen LogP contribution in [0.15, 0.2) is 59.1 Å². The van der Waals surface area contributed by atoms with Crippen molar-refractivity contribution in [3.63, 3.8) is 0 Å². The van der Waals surface area contributed by atoms with E-state index in [0.29, 0.717) is 36.2 Å². The highest BCUT2D eigenvalue weighted by atomic mass is 19.1. The van der Waals surface area contributed by atoms with E-state index in [1.807, 2.05) is 0 Å². The SMILES string of the molecule is O=C(O)C1CCCN1C(=O)COc1ccc(-c2nc3cnc(Oc4ccccc4F)nc3o2)cc1. The molecule has 1 unspecified atom stereocenters. The Morgan fingerprint density at radius 1 is 1.14 bits per heavy atom. The Labute approximate surface area is 197 Å². The van der Waals surface area contributed by atoms with Crippen LogP contribution in [0.1, 0.15) is 12.8 Å². The van der Waals surface area contributed by atoms with Crippen molar-refractivity contribution in [2.24, 2.45) is 0 Å². The van der Waals surface area contributed by atoms with Gasteiger partial charge in [-0.2, -0.15) is 4.98 Å². The lowest BCUT2D eigenvalue weighted by Crippen LogP contribution is -2.42. The minimum Gasteiger partial charge on any atom is -0.484 e. The fourth-order valence-electron chi connectivity index (χ4n) is 3.76. The summed E-state index contributed by atoms with van der Waals surface area (Å²) in [5.74, 6) is -1.21. The van der Waals surface area contributed by atoms with Gasteiger partial charge >= 0.3 is 12.0 Å². The zero-order valence-corrected chi connectivity index (χ0v) is 18.3. The van der Waals surface area contributed by atoms with Gasteiger partial charge in [-0.3, -0.25) is 4.79 Å². The summed E-state index contributed by atoms with van der Waals surface area (Å²) in [5.41, 5.74) is 1.19. The summed E-state index contributed by atoms with van der Waals surface area (Å²) in [6.45, 7) is 0.151. The first-order valence-electron chi connectivity index (χ1n) is 10.8. The number of amides is 1. The van der Waals surface area contributed by atoms with Gasteiger partial charge in [0.2, 0.25) is 5.89 Å². The molecule has 1 saturated heterocycles. The first-order valence-corrected chi connectivity index (χ1v) is 10.8. The topological polar surface area (TPSA) is 128 Å². The van der Waals surface area contributed by atoms with Crippen LogP contribution in [-0.4, -0.2) is 56.0 Å². The van der Waals surface area contributed by atoms with Crippen molar-refractivity contribution in [3.05, 3.63) is 60.5 Å². The second-order valence-corrected chi connectivity index (χ2v) is 7.79. The highest BCUT2D eigenvalue weighted by molar-refractivity contribution is 5.85. The smallest absolute Gasteiger partial charge is 0.326 e. The number of carboxylic acid groups (broad SMARTS) is 1. The lowest BCUT2D eigenvalue weighted by atomic mass is 10.2. The first kappa shape index (κ1) is 22.3. The Balaban J connectivity index is 1.25. The lowest BCUT2D eigenvalue weighted by Gasteiger charge is -2.21. The number of oxazole rings is 1. The molecule has 0 radical (unpaired) electrons. The molecule has 10 nitrogen and oxygen atoms in total. The van der Waals surface area contributed by atoms with Gasteiger partial charge in [-0.15, -0.1) is 0 Å². The van der Waals surface area contributed by atoms with Gasteiger partial charge in [-0.05, 0) is 49.2 Å². The quantitative estimate of drug-likeness (QED) is 0.423. The zero-order valence-electron chi connectivity index (χ0n) is 18.3. The molecule has 2 aromatic carbocycles. The Morgan fingerprint density at radius 3 is 2.71 bits per heavy atom. The molecular formula is C24H19FN4O6. The molecule has 178 valence electrons. The maximum Gasteiger partial charge on any atom is 0.326 e. The summed E-state index contributed by atoms with van der Waals surface area (Å²) in [4.78, 5) is 37.5. The van der Waals surface area contributed by atoms with Crippen molar-refractivity contribution in [1.29, 1.82) is 0 Å². The summed E-state index contributed by atoms with van der Waals surface area (Å²) in [7, 11) is 0. The van der Waals surface area contributed by atoms with E-state index >= 15 is 0 Å². The van der Waals surface area contributed by atoms with E-state index in [0.717, 1.165) is 0 Å². The van der Waals surface area contributed by atoms with E-state index < -0.39 is 17.8 Å². The fourth-order valence-corrected chi connectivity index (χ4v) is 3.76. The molecule has 1 N–H and O–H groups in total. The number of hydrogen-bond acceptors (Lipinski definition) is 8. The second-order valence-electron chi connectivity index (χ2n) is 7.79. The average Bonchev–Trinajstić information content (AvgIpc) is 3.52.